The summed E-state index contributed by atoms with van der Waals surface area (Å²) in [5.74, 6) is 1.18. The first-order chi connectivity index (χ1) is 45.4. The minimum atomic E-state index is 0.273. The lowest BCUT2D eigenvalue weighted by molar-refractivity contribution is -0.121. The molecular weight excluding hydrogens is 1230 g/mol. The van der Waals surface area contributed by atoms with E-state index in [1.807, 2.05) is 52.5 Å². The fourth-order valence-corrected chi connectivity index (χ4v) is 12.3. The molecule has 0 radical (unpaired) electrons. The summed E-state index contributed by atoms with van der Waals surface area (Å²) in [5, 5.41) is 2.11. The van der Waals surface area contributed by atoms with Gasteiger partial charge in [-0.2, -0.15) is 0 Å². The highest BCUT2D eigenvalue weighted by molar-refractivity contribution is 7.98. The fraction of sp³-hybridized carbons (Fsp3) is 0.0833. The molecule has 93 heavy (non-hydrogen) atoms. The zero-order valence-corrected chi connectivity index (χ0v) is 53.5. The molecule has 4 aromatic carbocycles. The van der Waals surface area contributed by atoms with E-state index in [4.69, 9.17) is 28.9 Å². The number of ether oxygens (including phenoxy) is 4. The van der Waals surface area contributed by atoms with Gasteiger partial charge in [-0.25, -0.2) is 9.97 Å². The lowest BCUT2D eigenvalue weighted by Crippen LogP contribution is -2.12. The Morgan fingerprint density at radius 1 is 0.355 bits per heavy atom. The van der Waals surface area contributed by atoms with E-state index in [2.05, 4.69) is 174 Å². The van der Waals surface area contributed by atoms with Gasteiger partial charge in [0.15, 0.2) is 0 Å². The monoisotopic (exact) mass is 1290 g/mol. The second kappa shape index (κ2) is 29.5. The van der Waals surface area contributed by atoms with E-state index in [1.165, 1.54) is 22.9 Å². The van der Waals surface area contributed by atoms with Crippen LogP contribution < -0.4 is 38.5 Å². The molecule has 18 nitrogen and oxygen atoms in total. The summed E-state index contributed by atoms with van der Waals surface area (Å²) in [6.07, 6.45) is 8.55. The maximum atomic E-state index is 11.3. The van der Waals surface area contributed by atoms with Crippen molar-refractivity contribution in [3.05, 3.63) is 224 Å². The molecule has 0 saturated heterocycles. The molecular formula is C72H58N10O8S3. The van der Waals surface area contributed by atoms with Crippen LogP contribution in [0, 0.1) is 6.92 Å². The summed E-state index contributed by atoms with van der Waals surface area (Å²) < 4.78 is 20.3. The molecule has 0 fully saturated rings. The van der Waals surface area contributed by atoms with Crippen LogP contribution in [0.5, 0.6) is 23.0 Å². The number of carbonyl (C=O) groups is 4. The van der Waals surface area contributed by atoms with E-state index in [9.17, 15) is 19.2 Å². The number of hydrogen-bond acceptors (Lipinski definition) is 21. The highest BCUT2D eigenvalue weighted by Crippen LogP contribution is 2.45. The van der Waals surface area contributed by atoms with Crippen molar-refractivity contribution in [2.24, 2.45) is 0 Å². The third-order valence-electron chi connectivity index (χ3n) is 14.4. The molecule has 0 bridgehead atoms. The molecule has 0 aliphatic rings. The number of rotatable bonds is 23. The van der Waals surface area contributed by atoms with Gasteiger partial charge in [-0.05, 0) is 170 Å². The normalized spacial score (nSPS) is 10.7. The van der Waals surface area contributed by atoms with Crippen LogP contribution in [0.2, 0.25) is 0 Å². The summed E-state index contributed by atoms with van der Waals surface area (Å²) >= 11 is 5.04. The Bertz CT molecular complexity index is 4540. The molecule has 0 aliphatic heterocycles. The predicted octanol–water partition coefficient (Wildman–Crippen LogP) is 16.1. The van der Waals surface area contributed by atoms with Gasteiger partial charge in [0, 0.05) is 138 Å². The Morgan fingerprint density at radius 3 is 1.02 bits per heavy atom. The first-order valence-electron chi connectivity index (χ1n) is 28.7. The summed E-state index contributed by atoms with van der Waals surface area (Å²) in [4.78, 5) is 83.5. The van der Waals surface area contributed by atoms with Gasteiger partial charge in [-0.3, -0.25) is 39.1 Å². The molecule has 0 saturated carbocycles. The minimum Gasteiger partial charge on any atom is -0.429 e. The number of pyridine rings is 6. The lowest BCUT2D eigenvalue weighted by Gasteiger charge is -2.25. The van der Waals surface area contributed by atoms with Crippen molar-refractivity contribution in [3.8, 4) is 89.4 Å². The highest BCUT2D eigenvalue weighted by Gasteiger charge is 2.21. The second-order valence-electron chi connectivity index (χ2n) is 20.9. The Morgan fingerprint density at radius 2 is 0.667 bits per heavy atom. The van der Waals surface area contributed by atoms with E-state index in [1.54, 1.807) is 95.4 Å². The molecule has 0 atom stereocenters. The largest absolute Gasteiger partial charge is 0.429 e. The van der Waals surface area contributed by atoms with Crippen molar-refractivity contribution in [2.75, 3.05) is 54.0 Å². The van der Waals surface area contributed by atoms with Crippen molar-refractivity contribution < 1.29 is 38.1 Å². The number of aryl methyl sites for hydroxylation is 1. The summed E-state index contributed by atoms with van der Waals surface area (Å²) in [5.41, 5.74) is 13.4. The third kappa shape index (κ3) is 15.3. The first-order valence-corrected chi connectivity index (χ1v) is 31.6. The van der Waals surface area contributed by atoms with Gasteiger partial charge in [0.05, 0.1) is 45.6 Å². The SMILES string of the molecule is CN(C)c1ccc(N(c2ccc(N(C)C)cc2)c2ccc(-c3ccnc(-c4cc(OC=O)cc(-c5cc(OC=O)ccn5)n4)c3)s2)cc1.CSc1ccc(N(c2ccc(C)cc2)c2ccc(-c3ccnc(-c4cc(OC=O)cc(-c5cc(OC=O)ccn5)n4)c3)s2)cc1. The molecule has 0 N–H and O–H groups in total. The molecule has 0 spiro atoms. The van der Waals surface area contributed by atoms with Crippen LogP contribution >= 0.6 is 34.4 Å². The third-order valence-corrected chi connectivity index (χ3v) is 17.4. The van der Waals surface area contributed by atoms with Crippen LogP contribution in [0.1, 0.15) is 5.56 Å². The first kappa shape index (κ1) is 63.2. The van der Waals surface area contributed by atoms with E-state index < -0.39 is 0 Å². The van der Waals surface area contributed by atoms with Crippen molar-refractivity contribution in [2.45, 2.75) is 11.8 Å². The van der Waals surface area contributed by atoms with E-state index >= 15 is 0 Å². The van der Waals surface area contributed by atoms with E-state index in [-0.39, 0.29) is 11.5 Å². The van der Waals surface area contributed by atoms with Crippen LogP contribution in [0.4, 0.5) is 44.1 Å². The fourth-order valence-electron chi connectivity index (χ4n) is 9.83. The molecule has 12 rings (SSSR count). The van der Waals surface area contributed by atoms with Crippen LogP contribution in [-0.2, 0) is 19.2 Å². The van der Waals surface area contributed by atoms with Gasteiger partial charge in [-0.1, -0.05) is 17.7 Å². The van der Waals surface area contributed by atoms with Crippen molar-refractivity contribution in [3.63, 3.8) is 0 Å². The Hall–Kier alpha value is -11.4. The van der Waals surface area contributed by atoms with Gasteiger partial charge in [-0.15, -0.1) is 34.4 Å². The Labute approximate surface area is 549 Å². The van der Waals surface area contributed by atoms with Crippen LogP contribution in [-0.4, -0.2) is 90.2 Å². The van der Waals surface area contributed by atoms with Gasteiger partial charge in [0.25, 0.3) is 25.9 Å². The van der Waals surface area contributed by atoms with Gasteiger partial charge < -0.3 is 38.5 Å². The summed E-state index contributed by atoms with van der Waals surface area (Å²) in [7, 11) is 8.12. The smallest absolute Gasteiger partial charge is 0.298 e. The molecule has 0 amide bonds. The molecule has 0 unspecified atom stereocenters. The zero-order chi connectivity index (χ0) is 64.8. The van der Waals surface area contributed by atoms with Crippen LogP contribution in [0.15, 0.2) is 224 Å². The average molecular weight is 1290 g/mol. The molecule has 0 aliphatic carbocycles. The number of thiophene rings is 2. The van der Waals surface area contributed by atoms with Crippen LogP contribution in [0.3, 0.4) is 0 Å². The predicted molar refractivity (Wildman–Crippen MR) is 369 cm³/mol. The molecule has 8 aromatic heterocycles. The quantitative estimate of drug-likeness (QED) is 0.0433. The zero-order valence-electron chi connectivity index (χ0n) is 51.1. The number of anilines is 8. The van der Waals surface area contributed by atoms with Crippen molar-refractivity contribution >= 4 is 104 Å². The summed E-state index contributed by atoms with van der Waals surface area (Å²) in [6.45, 7) is 3.48. The molecule has 12 aromatic rings. The number of thioether (sulfide) groups is 1. The minimum absolute atomic E-state index is 0.273. The van der Waals surface area contributed by atoms with Crippen LogP contribution in [0.25, 0.3) is 66.4 Å². The van der Waals surface area contributed by atoms with Crippen molar-refractivity contribution in [1.29, 1.82) is 0 Å². The van der Waals surface area contributed by atoms with Gasteiger partial charge >= 0.3 is 0 Å². The van der Waals surface area contributed by atoms with E-state index in [0.717, 1.165) is 65.0 Å². The highest BCUT2D eigenvalue weighted by atomic mass is 32.2. The standard InChI is InChI=1S/C37H32N6O4S.C35H26N4O4S2/c1-41(2)26-5-9-28(10-6-26)43(29-11-7-27(8-12-29)42(3)4)37-14-13-36(48-37)25-15-17-38-32(19-25)34-21-31(47-24-45)22-35(40-34)33-20-30(46-23-44)16-18-39-33;1-23-3-5-25(6-4-23)39(26-7-9-29(44-2)10-8-26)35-12-11-34(45-35)24-13-15-36-30(17-24)32-19-28(43-22-41)20-33(38-32)31-18-27(42-21-40)14-16-37-31/h5-24H,1-4H3;3-22H,1-2H3. The van der Waals surface area contributed by atoms with E-state index in [0.29, 0.717) is 82.9 Å². The maximum Gasteiger partial charge on any atom is 0.298 e. The number of carbonyl (C=O) groups excluding carboxylic acids is 4. The lowest BCUT2D eigenvalue weighted by atomic mass is 10.1. The number of aromatic nitrogens is 6. The van der Waals surface area contributed by atoms with Gasteiger partial charge in [0.1, 0.15) is 33.0 Å². The molecule has 8 heterocycles. The number of benzene rings is 4. The van der Waals surface area contributed by atoms with Gasteiger partial charge in [0.2, 0.25) is 0 Å². The van der Waals surface area contributed by atoms with Crippen molar-refractivity contribution in [1.82, 2.24) is 29.9 Å². The Balaban J connectivity index is 0.000000191. The summed E-state index contributed by atoms with van der Waals surface area (Å²) in [6, 6.07) is 63.1. The topological polar surface area (TPSA) is 196 Å². The number of nitrogens with zero attached hydrogens (tertiary/aromatic N) is 10. The Kier molecular flexibility index (Phi) is 20.0. The number of hydrogen-bond donors (Lipinski definition) is 0. The molecule has 462 valence electrons. The average Bonchev–Trinajstić information content (AvgIpc) is 1.82. The maximum absolute atomic E-state index is 11.3. The second-order valence-corrected chi connectivity index (χ2v) is 23.9. The molecule has 21 heteroatoms.